The van der Waals surface area contributed by atoms with Crippen molar-refractivity contribution in [1.82, 2.24) is 8.61 Å². The number of hydrogen-bond donors (Lipinski definition) is 2. The summed E-state index contributed by atoms with van der Waals surface area (Å²) >= 11 is 0. The van der Waals surface area contributed by atoms with Gasteiger partial charge in [-0.15, -0.1) is 0 Å². The molecule has 12 heteroatoms. The lowest BCUT2D eigenvalue weighted by molar-refractivity contribution is -0.159. The van der Waals surface area contributed by atoms with Gasteiger partial charge in [0.25, 0.3) is 5.91 Å². The summed E-state index contributed by atoms with van der Waals surface area (Å²) in [7, 11) is -2.57. The second kappa shape index (κ2) is 12.2. The number of carboxylic acids is 1. The lowest BCUT2D eigenvalue weighted by Gasteiger charge is -2.21. The number of amides is 1. The van der Waals surface area contributed by atoms with Crippen molar-refractivity contribution in [2.45, 2.75) is 38.9 Å². The second-order valence-electron chi connectivity index (χ2n) is 8.63. The maximum absolute atomic E-state index is 13.1. The van der Waals surface area contributed by atoms with Gasteiger partial charge < -0.3 is 20.3 Å². The summed E-state index contributed by atoms with van der Waals surface area (Å²) in [6.07, 6.45) is 1.37. The fraction of sp³-hybridized carbons (Fsp3) is 0.400. The average Bonchev–Trinajstić information content (AvgIpc) is 3.07. The number of hydrogen-bond acceptors (Lipinski definition) is 8. The van der Waals surface area contributed by atoms with Crippen molar-refractivity contribution in [2.75, 3.05) is 20.3 Å². The maximum Gasteiger partial charge on any atom is 0.322 e. The minimum absolute atomic E-state index is 0.0970. The normalized spacial score (nSPS) is 16.8. The average molecular weight is 534 g/mol. The summed E-state index contributed by atoms with van der Waals surface area (Å²) in [6.45, 7) is 1.42. The van der Waals surface area contributed by atoms with Crippen molar-refractivity contribution in [2.24, 2.45) is 11.7 Å². The fourth-order valence-corrected chi connectivity index (χ4v) is 5.38. The lowest BCUT2D eigenvalue weighted by atomic mass is 9.92. The predicted octanol–water partition coefficient (Wildman–Crippen LogP) is 1.83. The van der Waals surface area contributed by atoms with Crippen LogP contribution in [0.1, 0.15) is 42.5 Å². The van der Waals surface area contributed by atoms with Gasteiger partial charge in [0.1, 0.15) is 5.75 Å². The number of benzene rings is 2. The number of nitrogens with zero attached hydrogens (tertiary/aromatic N) is 2. The molecule has 2 unspecified atom stereocenters. The van der Waals surface area contributed by atoms with E-state index in [1.807, 2.05) is 6.92 Å². The minimum Gasteiger partial charge on any atom is -0.497 e. The van der Waals surface area contributed by atoms with Crippen LogP contribution in [0.25, 0.3) is 0 Å². The van der Waals surface area contributed by atoms with Gasteiger partial charge >= 0.3 is 22.1 Å². The van der Waals surface area contributed by atoms with Crippen molar-refractivity contribution >= 4 is 28.1 Å². The molecular formula is C25H31N3O8S. The number of aliphatic carboxylic acids is 1. The molecule has 1 saturated heterocycles. The number of esters is 1. The molecule has 200 valence electrons. The van der Waals surface area contributed by atoms with E-state index in [1.54, 1.807) is 42.5 Å². The Morgan fingerprint density at radius 3 is 2.43 bits per heavy atom. The van der Waals surface area contributed by atoms with E-state index >= 15 is 0 Å². The second-order valence-corrected chi connectivity index (χ2v) is 10.5. The van der Waals surface area contributed by atoms with Gasteiger partial charge in [0.05, 0.1) is 32.8 Å². The van der Waals surface area contributed by atoms with E-state index in [0.717, 1.165) is 15.0 Å². The van der Waals surface area contributed by atoms with Crippen LogP contribution in [0.2, 0.25) is 0 Å². The first-order valence-corrected chi connectivity index (χ1v) is 13.2. The fourth-order valence-electron chi connectivity index (χ4n) is 3.89. The molecule has 1 heterocycles. The molecule has 3 rings (SSSR count). The summed E-state index contributed by atoms with van der Waals surface area (Å²) in [5, 5.41) is 9.59. The first-order chi connectivity index (χ1) is 17.6. The van der Waals surface area contributed by atoms with Crippen molar-refractivity contribution < 1.29 is 37.4 Å². The van der Waals surface area contributed by atoms with Gasteiger partial charge in [-0.1, -0.05) is 49.7 Å². The molecule has 11 nitrogen and oxygen atoms in total. The van der Waals surface area contributed by atoms with E-state index in [4.69, 9.17) is 15.2 Å². The van der Waals surface area contributed by atoms with Crippen LogP contribution in [0, 0.1) is 5.92 Å². The van der Waals surface area contributed by atoms with E-state index in [9.17, 15) is 27.9 Å². The third-order valence-electron chi connectivity index (χ3n) is 6.00. The molecule has 1 amide bonds. The molecule has 0 aliphatic carbocycles. The number of carbonyl (C=O) groups excluding carboxylic acids is 2. The Bertz CT molecular complexity index is 1230. The van der Waals surface area contributed by atoms with Crippen molar-refractivity contribution in [3.05, 3.63) is 65.2 Å². The zero-order valence-electron chi connectivity index (χ0n) is 20.7. The van der Waals surface area contributed by atoms with Crippen LogP contribution in [0.15, 0.2) is 48.5 Å². The molecule has 0 saturated carbocycles. The molecule has 2 aromatic carbocycles. The maximum atomic E-state index is 13.1. The molecule has 0 bridgehead atoms. The summed E-state index contributed by atoms with van der Waals surface area (Å²) in [6, 6.07) is 11.8. The Balaban J connectivity index is 1.74. The van der Waals surface area contributed by atoms with Gasteiger partial charge in [-0.2, -0.15) is 12.7 Å². The van der Waals surface area contributed by atoms with Gasteiger partial charge in [-0.25, -0.2) is 4.31 Å². The Labute approximate surface area is 215 Å². The van der Waals surface area contributed by atoms with Gasteiger partial charge in [0, 0.05) is 6.54 Å². The molecular weight excluding hydrogens is 502 g/mol. The number of carbonyl (C=O) groups is 3. The summed E-state index contributed by atoms with van der Waals surface area (Å²) in [4.78, 5) is 36.7. The van der Waals surface area contributed by atoms with Crippen molar-refractivity contribution in [1.29, 1.82) is 0 Å². The highest BCUT2D eigenvalue weighted by atomic mass is 32.2. The SMILES string of the molecule is CCCCOC(=O)C(C(=O)O)C(N)c1cccc(CN2CC(=O)N(Cc3ccc(OC)cc3)S2(=O)=O)c1. The highest BCUT2D eigenvalue weighted by Crippen LogP contribution is 2.26. The third kappa shape index (κ3) is 6.64. The van der Waals surface area contributed by atoms with Gasteiger partial charge in [-0.3, -0.25) is 14.4 Å². The monoisotopic (exact) mass is 533 g/mol. The van der Waals surface area contributed by atoms with Crippen LogP contribution >= 0.6 is 0 Å². The van der Waals surface area contributed by atoms with Crippen LogP contribution < -0.4 is 10.5 Å². The molecule has 3 N–H and O–H groups in total. The number of nitrogens with two attached hydrogens (primary N) is 1. The topological polar surface area (TPSA) is 157 Å². The van der Waals surface area contributed by atoms with Crippen LogP contribution in [-0.4, -0.2) is 60.2 Å². The first-order valence-electron chi connectivity index (χ1n) is 11.8. The van der Waals surface area contributed by atoms with Crippen LogP contribution in [-0.2, 0) is 42.4 Å². The molecule has 37 heavy (non-hydrogen) atoms. The Hall–Kier alpha value is -3.48. The standard InChI is InChI=1S/C25H31N3O8S/c1-3-4-12-36-25(32)22(24(30)31)23(26)19-7-5-6-18(13-19)14-27-16-21(29)28(37(27,33)34)15-17-8-10-20(35-2)11-9-17/h5-11,13,22-23H,3-4,12,14-16,26H2,1-2H3,(H,30,31). The van der Waals surface area contributed by atoms with Gasteiger partial charge in [0.2, 0.25) is 0 Å². The third-order valence-corrected chi connectivity index (χ3v) is 7.80. The number of ether oxygens (including phenoxy) is 2. The molecule has 2 aromatic rings. The van der Waals surface area contributed by atoms with Crippen molar-refractivity contribution in [3.8, 4) is 5.75 Å². The van der Waals surface area contributed by atoms with Gasteiger partial charge in [-0.05, 0) is 35.2 Å². The van der Waals surface area contributed by atoms with Crippen LogP contribution in [0.4, 0.5) is 0 Å². The minimum atomic E-state index is -4.09. The molecule has 1 fully saturated rings. The highest BCUT2D eigenvalue weighted by molar-refractivity contribution is 7.87. The summed E-state index contributed by atoms with van der Waals surface area (Å²) < 4.78 is 38.2. The molecule has 1 aliphatic rings. The Kier molecular flexibility index (Phi) is 9.24. The van der Waals surface area contributed by atoms with Crippen molar-refractivity contribution in [3.63, 3.8) is 0 Å². The zero-order chi connectivity index (χ0) is 27.2. The van der Waals surface area contributed by atoms with E-state index < -0.39 is 40.0 Å². The quantitative estimate of drug-likeness (QED) is 0.236. The van der Waals surface area contributed by atoms with E-state index in [0.29, 0.717) is 28.9 Å². The van der Waals surface area contributed by atoms with E-state index in [1.165, 1.54) is 13.2 Å². The summed E-state index contributed by atoms with van der Waals surface area (Å²) in [5.41, 5.74) is 7.58. The first kappa shape index (κ1) is 28.1. The molecule has 0 radical (unpaired) electrons. The highest BCUT2D eigenvalue weighted by Gasteiger charge is 2.42. The number of carboxylic acid groups (broad SMARTS) is 1. The van der Waals surface area contributed by atoms with Crippen LogP contribution in [0.5, 0.6) is 5.75 Å². The molecule has 1 aliphatic heterocycles. The smallest absolute Gasteiger partial charge is 0.322 e. The molecule has 2 atom stereocenters. The number of methoxy groups -OCH3 is 1. The predicted molar refractivity (Wildman–Crippen MR) is 133 cm³/mol. The Morgan fingerprint density at radius 1 is 1.11 bits per heavy atom. The van der Waals surface area contributed by atoms with Crippen LogP contribution in [0.3, 0.4) is 0 Å². The van der Waals surface area contributed by atoms with E-state index in [2.05, 4.69) is 0 Å². The largest absolute Gasteiger partial charge is 0.497 e. The molecule has 0 spiro atoms. The number of rotatable bonds is 12. The van der Waals surface area contributed by atoms with E-state index in [-0.39, 0.29) is 26.2 Å². The lowest BCUT2D eigenvalue weighted by Crippen LogP contribution is -2.36. The van der Waals surface area contributed by atoms with Gasteiger partial charge in [0.15, 0.2) is 5.92 Å². The zero-order valence-corrected chi connectivity index (χ0v) is 21.5. The Morgan fingerprint density at radius 2 is 1.81 bits per heavy atom. The number of unbranched alkanes of at least 4 members (excludes halogenated alkanes) is 1. The molecule has 0 aromatic heterocycles. The summed E-state index contributed by atoms with van der Waals surface area (Å²) in [5.74, 6) is -3.92.